The van der Waals surface area contributed by atoms with Crippen LogP contribution < -0.4 is 5.32 Å². The Morgan fingerprint density at radius 2 is 1.93 bits per heavy atom. The second kappa shape index (κ2) is 4.62. The van der Waals surface area contributed by atoms with Gasteiger partial charge in [0.05, 0.1) is 17.8 Å². The number of aliphatic hydroxyl groups excluding tert-OH is 1. The summed E-state index contributed by atoms with van der Waals surface area (Å²) in [5, 5.41) is 12.8. The second-order valence-electron chi connectivity index (χ2n) is 4.08. The number of hydrogen-bond donors (Lipinski definition) is 2. The van der Waals surface area contributed by atoms with Gasteiger partial charge in [0.2, 0.25) is 0 Å². The summed E-state index contributed by atoms with van der Waals surface area (Å²) in [5.74, 6) is -0.254. The Kier molecular flexibility index (Phi) is 3.21. The molecule has 2 nitrogen and oxygen atoms in total. The van der Waals surface area contributed by atoms with Crippen LogP contribution in [0.2, 0.25) is 0 Å². The minimum Gasteiger partial charge on any atom is -0.391 e. The van der Waals surface area contributed by atoms with Crippen molar-refractivity contribution in [2.75, 3.05) is 5.32 Å². The van der Waals surface area contributed by atoms with Crippen LogP contribution in [0.15, 0.2) is 24.3 Å². The van der Waals surface area contributed by atoms with Crippen molar-refractivity contribution in [2.45, 2.75) is 37.8 Å². The minimum atomic E-state index is -0.349. The average Bonchev–Trinajstić information content (AvgIpc) is 2.24. The molecule has 2 unspecified atom stereocenters. The highest BCUT2D eigenvalue weighted by atomic mass is 19.1. The lowest BCUT2D eigenvalue weighted by molar-refractivity contribution is 0.116. The molecule has 0 heterocycles. The van der Waals surface area contributed by atoms with Crippen LogP contribution in [-0.2, 0) is 0 Å². The summed E-state index contributed by atoms with van der Waals surface area (Å²) in [6.07, 6.45) is 3.54. The molecule has 82 valence electrons. The summed E-state index contributed by atoms with van der Waals surface area (Å²) in [6.45, 7) is 0. The van der Waals surface area contributed by atoms with Gasteiger partial charge in [-0.05, 0) is 25.0 Å². The summed E-state index contributed by atoms with van der Waals surface area (Å²) < 4.78 is 13.3. The normalized spacial score (nSPS) is 26.3. The lowest BCUT2D eigenvalue weighted by Crippen LogP contribution is -2.36. The van der Waals surface area contributed by atoms with Crippen LogP contribution in [0.1, 0.15) is 25.7 Å². The summed E-state index contributed by atoms with van der Waals surface area (Å²) in [5.41, 5.74) is 0.489. The highest BCUT2D eigenvalue weighted by Gasteiger charge is 2.23. The van der Waals surface area contributed by atoms with Crippen molar-refractivity contribution in [1.29, 1.82) is 0 Å². The first kappa shape index (κ1) is 10.4. The molecular weight excluding hydrogens is 193 g/mol. The SMILES string of the molecule is OC1CCCCC1Nc1ccccc1F. The van der Waals surface area contributed by atoms with Gasteiger partial charge in [-0.25, -0.2) is 4.39 Å². The quantitative estimate of drug-likeness (QED) is 0.784. The summed E-state index contributed by atoms with van der Waals surface area (Å²) >= 11 is 0. The maximum atomic E-state index is 13.3. The van der Waals surface area contributed by atoms with E-state index in [1.54, 1.807) is 18.2 Å². The topological polar surface area (TPSA) is 32.3 Å². The monoisotopic (exact) mass is 209 g/mol. The van der Waals surface area contributed by atoms with E-state index in [-0.39, 0.29) is 18.0 Å². The predicted molar refractivity (Wildman–Crippen MR) is 58.3 cm³/mol. The molecule has 1 aliphatic carbocycles. The Labute approximate surface area is 89.1 Å². The first-order valence-electron chi connectivity index (χ1n) is 5.46. The number of rotatable bonds is 2. The van der Waals surface area contributed by atoms with E-state index in [2.05, 4.69) is 5.32 Å². The van der Waals surface area contributed by atoms with E-state index in [0.717, 1.165) is 25.7 Å². The number of hydrogen-bond acceptors (Lipinski definition) is 2. The Morgan fingerprint density at radius 1 is 1.20 bits per heavy atom. The molecule has 0 radical (unpaired) electrons. The Balaban J connectivity index is 2.04. The van der Waals surface area contributed by atoms with Gasteiger partial charge in [-0.2, -0.15) is 0 Å². The fourth-order valence-corrected chi connectivity index (χ4v) is 2.06. The van der Waals surface area contributed by atoms with E-state index in [1.165, 1.54) is 6.07 Å². The van der Waals surface area contributed by atoms with E-state index in [0.29, 0.717) is 5.69 Å². The fraction of sp³-hybridized carbons (Fsp3) is 0.500. The van der Waals surface area contributed by atoms with Crippen LogP contribution in [0.25, 0.3) is 0 Å². The van der Waals surface area contributed by atoms with Crippen molar-refractivity contribution in [1.82, 2.24) is 0 Å². The predicted octanol–water partition coefficient (Wildman–Crippen LogP) is 2.54. The van der Waals surface area contributed by atoms with E-state index in [9.17, 15) is 9.50 Å². The van der Waals surface area contributed by atoms with E-state index in [1.807, 2.05) is 0 Å². The van der Waals surface area contributed by atoms with Gasteiger partial charge in [-0.1, -0.05) is 25.0 Å². The van der Waals surface area contributed by atoms with Crippen LogP contribution in [0, 0.1) is 5.82 Å². The van der Waals surface area contributed by atoms with Crippen molar-refractivity contribution >= 4 is 5.69 Å². The maximum absolute atomic E-state index is 13.3. The van der Waals surface area contributed by atoms with Gasteiger partial charge in [0, 0.05) is 0 Å². The first-order chi connectivity index (χ1) is 7.27. The zero-order valence-corrected chi connectivity index (χ0v) is 8.62. The largest absolute Gasteiger partial charge is 0.391 e. The lowest BCUT2D eigenvalue weighted by Gasteiger charge is -2.29. The molecule has 0 spiro atoms. The molecule has 3 heteroatoms. The molecule has 0 saturated heterocycles. The zero-order valence-electron chi connectivity index (χ0n) is 8.62. The number of anilines is 1. The van der Waals surface area contributed by atoms with Crippen LogP contribution >= 0.6 is 0 Å². The molecule has 0 amide bonds. The van der Waals surface area contributed by atoms with Crippen LogP contribution in [-0.4, -0.2) is 17.3 Å². The molecule has 0 aromatic heterocycles. The standard InChI is InChI=1S/C12H16FNO/c13-9-5-1-2-6-10(9)14-11-7-3-4-8-12(11)15/h1-2,5-6,11-12,14-15H,3-4,7-8H2. The van der Waals surface area contributed by atoms with Gasteiger partial charge in [-0.15, -0.1) is 0 Å². The Hall–Kier alpha value is -1.09. The smallest absolute Gasteiger partial charge is 0.146 e. The highest BCUT2D eigenvalue weighted by Crippen LogP contribution is 2.23. The molecule has 2 N–H and O–H groups in total. The number of nitrogens with one attached hydrogen (secondary N) is 1. The number of aliphatic hydroxyl groups is 1. The van der Waals surface area contributed by atoms with Crippen molar-refractivity contribution < 1.29 is 9.50 Å². The fourth-order valence-electron chi connectivity index (χ4n) is 2.06. The molecule has 1 aliphatic rings. The molecule has 1 aromatic carbocycles. The van der Waals surface area contributed by atoms with E-state index < -0.39 is 0 Å². The summed E-state index contributed by atoms with van der Waals surface area (Å²) in [4.78, 5) is 0. The van der Waals surface area contributed by atoms with Crippen LogP contribution in [0.5, 0.6) is 0 Å². The average molecular weight is 209 g/mol. The molecule has 2 rings (SSSR count). The van der Waals surface area contributed by atoms with Crippen LogP contribution in [0.4, 0.5) is 10.1 Å². The molecule has 1 aromatic rings. The van der Waals surface area contributed by atoms with Crippen molar-refractivity contribution in [2.24, 2.45) is 0 Å². The highest BCUT2D eigenvalue weighted by molar-refractivity contribution is 5.45. The third-order valence-corrected chi connectivity index (χ3v) is 2.94. The lowest BCUT2D eigenvalue weighted by atomic mass is 9.92. The minimum absolute atomic E-state index is 0.00403. The van der Waals surface area contributed by atoms with Gasteiger partial charge < -0.3 is 10.4 Å². The Morgan fingerprint density at radius 3 is 2.67 bits per heavy atom. The number of halogens is 1. The Bertz CT molecular complexity index is 329. The first-order valence-corrected chi connectivity index (χ1v) is 5.46. The number of benzene rings is 1. The molecule has 15 heavy (non-hydrogen) atoms. The van der Waals surface area contributed by atoms with E-state index >= 15 is 0 Å². The van der Waals surface area contributed by atoms with Crippen molar-refractivity contribution in [3.05, 3.63) is 30.1 Å². The van der Waals surface area contributed by atoms with Crippen molar-refractivity contribution in [3.63, 3.8) is 0 Å². The second-order valence-corrected chi connectivity index (χ2v) is 4.08. The van der Waals surface area contributed by atoms with Gasteiger partial charge >= 0.3 is 0 Å². The molecule has 0 bridgehead atoms. The van der Waals surface area contributed by atoms with E-state index in [4.69, 9.17) is 0 Å². The molecule has 2 atom stereocenters. The van der Waals surface area contributed by atoms with Gasteiger partial charge in [0.25, 0.3) is 0 Å². The molecule has 1 fully saturated rings. The molecular formula is C12H16FNO. The van der Waals surface area contributed by atoms with Crippen LogP contribution in [0.3, 0.4) is 0 Å². The summed E-state index contributed by atoms with van der Waals surface area (Å²) in [7, 11) is 0. The van der Waals surface area contributed by atoms with Gasteiger partial charge in [-0.3, -0.25) is 0 Å². The third kappa shape index (κ3) is 2.48. The van der Waals surface area contributed by atoms with Gasteiger partial charge in [0.15, 0.2) is 0 Å². The third-order valence-electron chi connectivity index (χ3n) is 2.94. The zero-order chi connectivity index (χ0) is 10.7. The summed E-state index contributed by atoms with van der Waals surface area (Å²) in [6, 6.07) is 6.59. The van der Waals surface area contributed by atoms with Crippen molar-refractivity contribution in [3.8, 4) is 0 Å². The van der Waals surface area contributed by atoms with Gasteiger partial charge in [0.1, 0.15) is 5.82 Å². The molecule has 0 aliphatic heterocycles. The maximum Gasteiger partial charge on any atom is 0.146 e. The molecule has 1 saturated carbocycles. The number of para-hydroxylation sites is 1.